The summed E-state index contributed by atoms with van der Waals surface area (Å²) in [5, 5.41) is 10.5. The summed E-state index contributed by atoms with van der Waals surface area (Å²) in [5.41, 5.74) is 0. The second kappa shape index (κ2) is 55.6. The van der Waals surface area contributed by atoms with Gasteiger partial charge in [-0.1, -0.05) is 260 Å². The SMILES string of the molecule is CCCCCCCCCCCCCCCCCCC(=O)O[C@H](COC(=O)CCCCCCCCC(C)C)COP(=O)(O)OC[C@@H](O)COP(=O)(O)OC[C@@H](COC(=O)CCCCCCCCCC)OC(=O)CCCCCCCCC(C)C. The lowest BCUT2D eigenvalue weighted by molar-refractivity contribution is -0.161. The van der Waals surface area contributed by atoms with Gasteiger partial charge in [0.1, 0.15) is 19.3 Å². The Labute approximate surface area is 498 Å². The third kappa shape index (κ3) is 57.2. The van der Waals surface area contributed by atoms with Crippen molar-refractivity contribution in [1.82, 2.24) is 0 Å². The fourth-order valence-corrected chi connectivity index (χ4v) is 10.9. The Morgan fingerprint density at radius 3 is 0.829 bits per heavy atom. The van der Waals surface area contributed by atoms with Crippen LogP contribution in [0.25, 0.3) is 0 Å². The van der Waals surface area contributed by atoms with Crippen LogP contribution < -0.4 is 0 Å². The first-order valence-electron chi connectivity index (χ1n) is 33.0. The third-order valence-electron chi connectivity index (χ3n) is 14.5. The van der Waals surface area contributed by atoms with Gasteiger partial charge >= 0.3 is 39.5 Å². The molecule has 0 saturated carbocycles. The molecule has 3 N–H and O–H groups in total. The van der Waals surface area contributed by atoms with Crippen LogP contribution in [0.3, 0.4) is 0 Å². The lowest BCUT2D eigenvalue weighted by atomic mass is 10.0. The maximum absolute atomic E-state index is 13.0. The summed E-state index contributed by atoms with van der Waals surface area (Å²) in [6, 6.07) is 0. The lowest BCUT2D eigenvalue weighted by Gasteiger charge is -2.21. The molecular weight excluding hydrogens is 1090 g/mol. The number of esters is 4. The van der Waals surface area contributed by atoms with Gasteiger partial charge in [0.15, 0.2) is 12.2 Å². The van der Waals surface area contributed by atoms with Gasteiger partial charge in [-0.05, 0) is 37.5 Å². The maximum Gasteiger partial charge on any atom is 0.472 e. The minimum Gasteiger partial charge on any atom is -0.462 e. The number of hydrogen-bond donors (Lipinski definition) is 3. The van der Waals surface area contributed by atoms with E-state index in [1.807, 2.05) is 0 Å². The Morgan fingerprint density at radius 1 is 0.329 bits per heavy atom. The molecule has 0 aliphatic rings. The average Bonchev–Trinajstić information content (AvgIpc) is 3.44. The predicted octanol–water partition coefficient (Wildman–Crippen LogP) is 17.3. The molecule has 82 heavy (non-hydrogen) atoms. The summed E-state index contributed by atoms with van der Waals surface area (Å²) in [6.07, 6.45) is 38.0. The highest BCUT2D eigenvalue weighted by atomic mass is 31.2. The zero-order valence-corrected chi connectivity index (χ0v) is 54.6. The van der Waals surface area contributed by atoms with E-state index in [2.05, 4.69) is 41.5 Å². The summed E-state index contributed by atoms with van der Waals surface area (Å²) < 4.78 is 67.8. The second-order valence-electron chi connectivity index (χ2n) is 23.7. The molecule has 0 aromatic rings. The van der Waals surface area contributed by atoms with Crippen LogP contribution in [-0.4, -0.2) is 96.7 Å². The third-order valence-corrected chi connectivity index (χ3v) is 16.4. The summed E-state index contributed by atoms with van der Waals surface area (Å²) in [7, 11) is -9.88. The van der Waals surface area contributed by atoms with Crippen molar-refractivity contribution in [2.75, 3.05) is 39.6 Å². The molecule has 0 rings (SSSR count). The molecule has 0 aliphatic heterocycles. The average molecular weight is 1210 g/mol. The highest BCUT2D eigenvalue weighted by Crippen LogP contribution is 2.45. The molecule has 0 aromatic heterocycles. The summed E-state index contributed by atoms with van der Waals surface area (Å²) >= 11 is 0. The number of rotatable bonds is 62. The number of carbonyl (C=O) groups is 4. The van der Waals surface area contributed by atoms with Crippen LogP contribution in [0.5, 0.6) is 0 Å². The molecule has 0 fully saturated rings. The second-order valence-corrected chi connectivity index (χ2v) is 26.7. The number of ether oxygens (including phenoxy) is 4. The van der Waals surface area contributed by atoms with E-state index >= 15 is 0 Å². The van der Waals surface area contributed by atoms with Gasteiger partial charge in [-0.25, -0.2) is 9.13 Å². The van der Waals surface area contributed by atoms with E-state index in [0.29, 0.717) is 37.5 Å². The van der Waals surface area contributed by atoms with Crippen LogP contribution in [0.2, 0.25) is 0 Å². The van der Waals surface area contributed by atoms with Crippen molar-refractivity contribution < 1.29 is 80.2 Å². The molecule has 0 aromatic carbocycles. The highest BCUT2D eigenvalue weighted by molar-refractivity contribution is 7.47. The molecule has 0 saturated heterocycles. The van der Waals surface area contributed by atoms with E-state index < -0.39 is 97.5 Å². The molecule has 0 amide bonds. The van der Waals surface area contributed by atoms with Crippen LogP contribution in [-0.2, 0) is 65.4 Å². The Bertz CT molecular complexity index is 1620. The summed E-state index contributed by atoms with van der Waals surface area (Å²) in [4.78, 5) is 72.0. The Hall–Kier alpha value is -1.94. The first-order valence-corrected chi connectivity index (χ1v) is 36.0. The van der Waals surface area contributed by atoms with E-state index in [0.717, 1.165) is 103 Å². The fourth-order valence-electron chi connectivity index (χ4n) is 9.35. The van der Waals surface area contributed by atoms with Gasteiger partial charge in [-0.15, -0.1) is 0 Å². The largest absolute Gasteiger partial charge is 0.472 e. The topological polar surface area (TPSA) is 237 Å². The van der Waals surface area contributed by atoms with Crippen molar-refractivity contribution in [2.45, 2.75) is 330 Å². The maximum atomic E-state index is 13.0. The number of carbonyl (C=O) groups excluding carboxylic acids is 4. The molecule has 0 spiro atoms. The van der Waals surface area contributed by atoms with Crippen LogP contribution in [0.15, 0.2) is 0 Å². The number of aliphatic hydroxyl groups is 1. The van der Waals surface area contributed by atoms with Gasteiger partial charge in [-0.3, -0.25) is 37.3 Å². The Morgan fingerprint density at radius 2 is 0.561 bits per heavy atom. The number of aliphatic hydroxyl groups excluding tert-OH is 1. The summed E-state index contributed by atoms with van der Waals surface area (Å²) in [5.74, 6) is -0.794. The number of phosphoric ester groups is 2. The minimum atomic E-state index is -4.94. The van der Waals surface area contributed by atoms with Crippen LogP contribution >= 0.6 is 15.6 Å². The van der Waals surface area contributed by atoms with Crippen molar-refractivity contribution in [2.24, 2.45) is 11.8 Å². The van der Waals surface area contributed by atoms with Gasteiger partial charge in [0.05, 0.1) is 26.4 Å². The van der Waals surface area contributed by atoms with Crippen molar-refractivity contribution in [3.05, 3.63) is 0 Å². The van der Waals surface area contributed by atoms with Crippen LogP contribution in [0, 0.1) is 11.8 Å². The molecule has 5 atom stereocenters. The monoisotopic (exact) mass is 1210 g/mol. The highest BCUT2D eigenvalue weighted by Gasteiger charge is 2.30. The minimum absolute atomic E-state index is 0.102. The van der Waals surface area contributed by atoms with Gasteiger partial charge in [0.25, 0.3) is 0 Å². The van der Waals surface area contributed by atoms with E-state index in [4.69, 9.17) is 37.0 Å². The standard InChI is InChI=1S/C63H122O17P2/c1-7-9-11-13-15-17-18-19-20-21-22-23-24-26-35-41-47-62(67)79-58(52-74-61(66)46-40-34-29-27-31-37-43-55(3)4)53-77-81(69,70)75-49-57(64)50-76-82(71,72)78-54-59(51-73-60(65)45-39-33-25-16-14-12-10-8-2)80-63(68)48-42-36-30-28-32-38-44-56(5)6/h55-59,64H,7-54H2,1-6H3,(H,69,70)(H,71,72)/t57-,58-,59-/m1/s1. The number of unbranched alkanes of at least 4 members (excludes halogenated alkanes) is 32. The van der Waals surface area contributed by atoms with Gasteiger partial charge in [-0.2, -0.15) is 0 Å². The Balaban J connectivity index is 5.19. The summed E-state index contributed by atoms with van der Waals surface area (Å²) in [6.45, 7) is 9.29. The van der Waals surface area contributed by atoms with E-state index in [1.54, 1.807) is 0 Å². The van der Waals surface area contributed by atoms with Crippen molar-refractivity contribution >= 4 is 39.5 Å². The quantitative estimate of drug-likeness (QED) is 0.0222. The number of phosphoric acid groups is 2. The van der Waals surface area contributed by atoms with Gasteiger partial charge in [0, 0.05) is 25.7 Å². The fraction of sp³-hybridized carbons (Fsp3) is 0.937. The Kier molecular flexibility index (Phi) is 54.3. The number of hydrogen-bond acceptors (Lipinski definition) is 15. The van der Waals surface area contributed by atoms with Crippen molar-refractivity contribution in [3.8, 4) is 0 Å². The smallest absolute Gasteiger partial charge is 0.462 e. The van der Waals surface area contributed by atoms with E-state index in [-0.39, 0.29) is 25.7 Å². The molecule has 0 bridgehead atoms. The molecule has 486 valence electrons. The molecule has 0 aliphatic carbocycles. The molecule has 19 heteroatoms. The van der Waals surface area contributed by atoms with Crippen molar-refractivity contribution in [1.29, 1.82) is 0 Å². The first-order chi connectivity index (χ1) is 39.4. The zero-order chi connectivity index (χ0) is 60.8. The molecule has 0 heterocycles. The van der Waals surface area contributed by atoms with Crippen LogP contribution in [0.4, 0.5) is 0 Å². The zero-order valence-electron chi connectivity index (χ0n) is 52.8. The first kappa shape index (κ1) is 80.1. The molecule has 0 radical (unpaired) electrons. The molecule has 2 unspecified atom stereocenters. The molecular formula is C63H122O17P2. The predicted molar refractivity (Wildman–Crippen MR) is 326 cm³/mol. The lowest BCUT2D eigenvalue weighted by Crippen LogP contribution is -2.30. The van der Waals surface area contributed by atoms with Gasteiger partial charge in [0.2, 0.25) is 0 Å². The van der Waals surface area contributed by atoms with Crippen LogP contribution in [0.1, 0.15) is 311 Å². The molecule has 17 nitrogen and oxygen atoms in total. The van der Waals surface area contributed by atoms with Gasteiger partial charge < -0.3 is 33.8 Å². The van der Waals surface area contributed by atoms with E-state index in [9.17, 15) is 43.2 Å². The normalized spacial score (nSPS) is 14.3. The van der Waals surface area contributed by atoms with E-state index in [1.165, 1.54) is 116 Å². The van der Waals surface area contributed by atoms with Crippen molar-refractivity contribution in [3.63, 3.8) is 0 Å².